The Morgan fingerprint density at radius 1 is 0.885 bits per heavy atom. The molecular formula is C22H45NO3. The van der Waals surface area contributed by atoms with Crippen LogP contribution in [0.4, 0.5) is 0 Å². The highest BCUT2D eigenvalue weighted by Crippen LogP contribution is 2.44. The van der Waals surface area contributed by atoms with E-state index in [9.17, 15) is 4.79 Å². The third kappa shape index (κ3) is 8.96. The minimum atomic E-state index is -0.354. The Morgan fingerprint density at radius 2 is 1.42 bits per heavy atom. The predicted octanol–water partition coefficient (Wildman–Crippen LogP) is 4.85. The van der Waals surface area contributed by atoms with E-state index in [1.807, 2.05) is 13.8 Å². The van der Waals surface area contributed by atoms with Crippen molar-refractivity contribution in [1.82, 2.24) is 5.32 Å². The van der Waals surface area contributed by atoms with E-state index < -0.39 is 0 Å². The molecule has 0 rings (SSSR count). The molecule has 0 amide bonds. The predicted molar refractivity (Wildman–Crippen MR) is 111 cm³/mol. The van der Waals surface area contributed by atoms with Gasteiger partial charge < -0.3 is 14.8 Å². The fourth-order valence-corrected chi connectivity index (χ4v) is 3.34. The highest BCUT2D eigenvalue weighted by molar-refractivity contribution is 5.85. The molecule has 4 nitrogen and oxygen atoms in total. The van der Waals surface area contributed by atoms with Crippen LogP contribution in [0.25, 0.3) is 0 Å². The summed E-state index contributed by atoms with van der Waals surface area (Å²) in [4.78, 5) is 12.5. The van der Waals surface area contributed by atoms with E-state index in [2.05, 4.69) is 67.6 Å². The standard InChI is InChI=1S/C22H45NO3/c1-17(2)18(24)20(6,7)16-21(8,9)22(10,11)26-15-14-25-13-12-23-19(3,4)5/h17,23H,12-16H2,1-11H3. The number of nitrogens with one attached hydrogen (secondary N) is 1. The van der Waals surface area contributed by atoms with Gasteiger partial charge >= 0.3 is 0 Å². The van der Waals surface area contributed by atoms with E-state index in [4.69, 9.17) is 9.47 Å². The van der Waals surface area contributed by atoms with Gasteiger partial charge in [0.05, 0.1) is 25.4 Å². The van der Waals surface area contributed by atoms with E-state index >= 15 is 0 Å². The average Bonchev–Trinajstić information content (AvgIpc) is 2.42. The maximum absolute atomic E-state index is 12.5. The van der Waals surface area contributed by atoms with Gasteiger partial charge in [0.15, 0.2) is 0 Å². The molecule has 0 aliphatic rings. The molecule has 0 aromatic carbocycles. The monoisotopic (exact) mass is 371 g/mol. The Balaban J connectivity index is 4.44. The Kier molecular flexibility index (Phi) is 9.49. The van der Waals surface area contributed by atoms with Crippen molar-refractivity contribution in [3.8, 4) is 0 Å². The van der Waals surface area contributed by atoms with Gasteiger partial charge in [-0.15, -0.1) is 0 Å². The van der Waals surface area contributed by atoms with Gasteiger partial charge in [-0.2, -0.15) is 0 Å². The molecule has 4 heteroatoms. The fourth-order valence-electron chi connectivity index (χ4n) is 3.34. The quantitative estimate of drug-likeness (QED) is 0.498. The molecule has 0 fully saturated rings. The molecule has 0 bridgehead atoms. The van der Waals surface area contributed by atoms with Gasteiger partial charge in [-0.05, 0) is 46.5 Å². The SMILES string of the molecule is CC(C)C(=O)C(C)(C)CC(C)(C)C(C)(C)OCCOCCNC(C)(C)C. The lowest BCUT2D eigenvalue weighted by Gasteiger charge is -2.45. The van der Waals surface area contributed by atoms with Gasteiger partial charge in [0.1, 0.15) is 5.78 Å². The highest BCUT2D eigenvalue weighted by atomic mass is 16.5. The molecule has 0 aliphatic carbocycles. The first-order valence-corrected chi connectivity index (χ1v) is 10.0. The van der Waals surface area contributed by atoms with Crippen molar-refractivity contribution in [2.75, 3.05) is 26.4 Å². The van der Waals surface area contributed by atoms with Crippen molar-refractivity contribution in [3.63, 3.8) is 0 Å². The van der Waals surface area contributed by atoms with E-state index in [0.29, 0.717) is 25.6 Å². The second-order valence-electron chi connectivity index (χ2n) is 10.6. The van der Waals surface area contributed by atoms with E-state index in [0.717, 1.165) is 13.0 Å². The Hall–Kier alpha value is -0.450. The van der Waals surface area contributed by atoms with Crippen molar-refractivity contribution in [3.05, 3.63) is 0 Å². The van der Waals surface area contributed by atoms with Crippen molar-refractivity contribution in [2.24, 2.45) is 16.7 Å². The second kappa shape index (κ2) is 9.66. The summed E-state index contributed by atoms with van der Waals surface area (Å²) in [6.45, 7) is 25.8. The van der Waals surface area contributed by atoms with Crippen LogP contribution in [0.1, 0.15) is 82.6 Å². The van der Waals surface area contributed by atoms with Crippen LogP contribution in [0, 0.1) is 16.7 Å². The number of Topliss-reactive ketones (excluding diaryl/α,β-unsaturated/α-hetero) is 1. The maximum atomic E-state index is 12.5. The summed E-state index contributed by atoms with van der Waals surface area (Å²) in [5.74, 6) is 0.371. The van der Waals surface area contributed by atoms with Crippen LogP contribution in [0.3, 0.4) is 0 Å². The first-order valence-electron chi connectivity index (χ1n) is 10.0. The first kappa shape index (κ1) is 25.6. The average molecular weight is 372 g/mol. The van der Waals surface area contributed by atoms with Crippen LogP contribution in [-0.2, 0) is 14.3 Å². The zero-order chi connectivity index (χ0) is 20.8. The zero-order valence-corrected chi connectivity index (χ0v) is 19.3. The zero-order valence-electron chi connectivity index (χ0n) is 19.3. The minimum absolute atomic E-state index is 0.0555. The smallest absolute Gasteiger partial charge is 0.141 e. The summed E-state index contributed by atoms with van der Waals surface area (Å²) in [6.07, 6.45) is 0.792. The molecule has 0 heterocycles. The van der Waals surface area contributed by atoms with Crippen LogP contribution in [0.5, 0.6) is 0 Å². The summed E-state index contributed by atoms with van der Waals surface area (Å²) >= 11 is 0. The molecule has 26 heavy (non-hydrogen) atoms. The molecule has 0 saturated carbocycles. The van der Waals surface area contributed by atoms with Crippen LogP contribution >= 0.6 is 0 Å². The van der Waals surface area contributed by atoms with Crippen molar-refractivity contribution in [2.45, 2.75) is 93.7 Å². The molecule has 1 N–H and O–H groups in total. The molecule has 0 aromatic heterocycles. The molecule has 0 radical (unpaired) electrons. The van der Waals surface area contributed by atoms with Gasteiger partial charge in [0.25, 0.3) is 0 Å². The van der Waals surface area contributed by atoms with Gasteiger partial charge in [-0.1, -0.05) is 41.5 Å². The largest absolute Gasteiger partial charge is 0.378 e. The highest BCUT2D eigenvalue weighted by Gasteiger charge is 2.44. The second-order valence-corrected chi connectivity index (χ2v) is 10.6. The first-order chi connectivity index (χ1) is 11.5. The summed E-state index contributed by atoms with van der Waals surface area (Å²) in [6, 6.07) is 0. The van der Waals surface area contributed by atoms with Gasteiger partial charge in [0.2, 0.25) is 0 Å². The fraction of sp³-hybridized carbons (Fsp3) is 0.955. The van der Waals surface area contributed by atoms with Crippen molar-refractivity contribution < 1.29 is 14.3 Å². The number of rotatable bonds is 12. The molecule has 0 unspecified atom stereocenters. The lowest BCUT2D eigenvalue weighted by Crippen LogP contribution is -2.46. The lowest BCUT2D eigenvalue weighted by molar-refractivity contribution is -0.142. The number of ketones is 1. The summed E-state index contributed by atoms with van der Waals surface area (Å²) < 4.78 is 11.8. The van der Waals surface area contributed by atoms with E-state index in [-0.39, 0.29) is 27.9 Å². The van der Waals surface area contributed by atoms with Gasteiger partial charge in [-0.3, -0.25) is 4.79 Å². The number of carbonyl (C=O) groups is 1. The molecule has 0 spiro atoms. The summed E-state index contributed by atoms with van der Waals surface area (Å²) in [5.41, 5.74) is -0.705. The third-order valence-corrected chi connectivity index (χ3v) is 5.30. The van der Waals surface area contributed by atoms with E-state index in [1.165, 1.54) is 0 Å². The van der Waals surface area contributed by atoms with Crippen LogP contribution < -0.4 is 5.32 Å². The van der Waals surface area contributed by atoms with Gasteiger partial charge in [-0.25, -0.2) is 0 Å². The molecule has 0 atom stereocenters. The maximum Gasteiger partial charge on any atom is 0.141 e. The number of hydrogen-bond acceptors (Lipinski definition) is 4. The molecule has 0 aliphatic heterocycles. The normalized spacial score (nSPS) is 14.2. The number of hydrogen-bond donors (Lipinski definition) is 1. The molecule has 156 valence electrons. The van der Waals surface area contributed by atoms with E-state index in [1.54, 1.807) is 0 Å². The topological polar surface area (TPSA) is 47.6 Å². The van der Waals surface area contributed by atoms with Crippen LogP contribution in [0.15, 0.2) is 0 Å². The Labute approximate surface area is 162 Å². The summed E-state index contributed by atoms with van der Waals surface area (Å²) in [7, 11) is 0. The molecule has 0 saturated heterocycles. The number of carbonyl (C=O) groups excluding carboxylic acids is 1. The Bertz CT molecular complexity index is 431. The Morgan fingerprint density at radius 3 is 1.88 bits per heavy atom. The third-order valence-electron chi connectivity index (χ3n) is 5.30. The molecular weight excluding hydrogens is 326 g/mol. The number of ether oxygens (including phenoxy) is 2. The van der Waals surface area contributed by atoms with Crippen LogP contribution in [0.2, 0.25) is 0 Å². The lowest BCUT2D eigenvalue weighted by atomic mass is 9.64. The summed E-state index contributed by atoms with van der Waals surface area (Å²) in [5, 5.41) is 3.40. The van der Waals surface area contributed by atoms with Crippen molar-refractivity contribution >= 4 is 5.78 Å². The van der Waals surface area contributed by atoms with Crippen molar-refractivity contribution in [1.29, 1.82) is 0 Å². The molecule has 0 aromatic rings. The van der Waals surface area contributed by atoms with Gasteiger partial charge in [0, 0.05) is 23.4 Å². The minimum Gasteiger partial charge on any atom is -0.378 e. The van der Waals surface area contributed by atoms with Crippen LogP contribution in [-0.4, -0.2) is 43.3 Å².